The van der Waals surface area contributed by atoms with Gasteiger partial charge in [-0.1, -0.05) is 0 Å². The van der Waals surface area contributed by atoms with Crippen LogP contribution in [0.2, 0.25) is 0 Å². The van der Waals surface area contributed by atoms with Crippen LogP contribution in [0, 0.1) is 5.41 Å². The van der Waals surface area contributed by atoms with E-state index in [4.69, 9.17) is 0 Å². The van der Waals surface area contributed by atoms with E-state index in [1.807, 2.05) is 20.0 Å². The molecule has 1 saturated carbocycles. The van der Waals surface area contributed by atoms with Crippen LogP contribution >= 0.6 is 0 Å². The number of amides is 1. The number of hydrogen-bond acceptors (Lipinski definition) is 3. The number of β-amino-alcohol motifs (C(OH)–C–C–N with tert-alkyl or cyclic N) is 1. The van der Waals surface area contributed by atoms with Crippen molar-refractivity contribution in [3.8, 4) is 0 Å². The molecule has 1 N–H and O–H groups in total. The molecule has 2 aliphatic rings. The molecule has 5 heteroatoms. The Morgan fingerprint density at radius 3 is 2.78 bits per heavy atom. The van der Waals surface area contributed by atoms with E-state index < -0.39 is 0 Å². The monoisotopic (exact) mass is 249 g/mol. The zero-order valence-corrected chi connectivity index (χ0v) is 10.8. The molecule has 1 amide bonds. The predicted molar refractivity (Wildman–Crippen MR) is 66.2 cm³/mol. The van der Waals surface area contributed by atoms with Crippen molar-refractivity contribution in [3.63, 3.8) is 0 Å². The molecule has 5 nitrogen and oxygen atoms in total. The van der Waals surface area contributed by atoms with Gasteiger partial charge in [-0.3, -0.25) is 9.48 Å². The zero-order chi connectivity index (χ0) is 12.9. The van der Waals surface area contributed by atoms with Gasteiger partial charge in [0.2, 0.25) is 0 Å². The molecule has 2 heterocycles. The molecular weight excluding hydrogens is 230 g/mol. The second-order valence-electron chi connectivity index (χ2n) is 5.84. The summed E-state index contributed by atoms with van der Waals surface area (Å²) < 4.78 is 1.78. The van der Waals surface area contributed by atoms with Crippen LogP contribution in [0.15, 0.2) is 12.3 Å². The number of hydrogen-bond donors (Lipinski definition) is 1. The quantitative estimate of drug-likeness (QED) is 0.852. The fourth-order valence-corrected chi connectivity index (χ4v) is 2.66. The maximum absolute atomic E-state index is 12.3. The third-order valence-electron chi connectivity index (χ3n) is 4.14. The van der Waals surface area contributed by atoms with E-state index in [0.717, 1.165) is 12.8 Å². The van der Waals surface area contributed by atoms with Crippen LogP contribution in [0.25, 0.3) is 0 Å². The summed E-state index contributed by atoms with van der Waals surface area (Å²) in [6.45, 7) is 5.19. The van der Waals surface area contributed by atoms with E-state index in [1.165, 1.54) is 0 Å². The zero-order valence-electron chi connectivity index (χ0n) is 10.8. The lowest BCUT2D eigenvalue weighted by Gasteiger charge is -2.14. The minimum Gasteiger partial charge on any atom is -0.391 e. The number of likely N-dealkylation sites (tertiary alicyclic amines) is 1. The number of aliphatic hydroxyl groups excluding tert-OH is 1. The standard InChI is InChI=1S/C13H19N3O2/c1-9(2)16-6-3-10(14-16)12(18)15-7-11(17)13(8-15)4-5-13/h3,6,9,11,17H,4-5,7-8H2,1-2H3. The number of aliphatic hydroxyl groups is 1. The molecule has 18 heavy (non-hydrogen) atoms. The van der Waals surface area contributed by atoms with Crippen molar-refractivity contribution in [1.82, 2.24) is 14.7 Å². The SMILES string of the molecule is CC(C)n1ccc(C(=O)N2CC(O)C3(CC3)C2)n1. The third-order valence-corrected chi connectivity index (χ3v) is 4.14. The molecule has 3 rings (SSSR count). The summed E-state index contributed by atoms with van der Waals surface area (Å²) in [5.41, 5.74) is 0.490. The molecule has 0 radical (unpaired) electrons. The number of rotatable bonds is 2. The minimum atomic E-state index is -0.353. The summed E-state index contributed by atoms with van der Waals surface area (Å²) in [6, 6.07) is 2.01. The normalized spacial score (nSPS) is 25.1. The summed E-state index contributed by atoms with van der Waals surface area (Å²) in [7, 11) is 0. The van der Waals surface area contributed by atoms with Crippen molar-refractivity contribution in [1.29, 1.82) is 0 Å². The van der Waals surface area contributed by atoms with Gasteiger partial charge in [0, 0.05) is 30.7 Å². The number of carbonyl (C=O) groups excluding carboxylic acids is 1. The van der Waals surface area contributed by atoms with Crippen LogP contribution in [0.3, 0.4) is 0 Å². The van der Waals surface area contributed by atoms with Gasteiger partial charge in [0.15, 0.2) is 0 Å². The predicted octanol–water partition coefficient (Wildman–Crippen LogP) is 1.06. The maximum atomic E-state index is 12.3. The highest BCUT2D eigenvalue weighted by molar-refractivity contribution is 5.92. The Labute approximate surface area is 106 Å². The molecular formula is C13H19N3O2. The highest BCUT2D eigenvalue weighted by Crippen LogP contribution is 2.52. The van der Waals surface area contributed by atoms with E-state index in [1.54, 1.807) is 15.6 Å². The van der Waals surface area contributed by atoms with Crippen LogP contribution in [0.5, 0.6) is 0 Å². The van der Waals surface area contributed by atoms with Crippen molar-refractivity contribution in [2.45, 2.75) is 38.8 Å². The van der Waals surface area contributed by atoms with E-state index in [2.05, 4.69) is 5.10 Å². The second-order valence-corrected chi connectivity index (χ2v) is 5.84. The topological polar surface area (TPSA) is 58.4 Å². The average molecular weight is 249 g/mol. The molecule has 1 saturated heterocycles. The van der Waals surface area contributed by atoms with Crippen molar-refractivity contribution in [2.24, 2.45) is 5.41 Å². The van der Waals surface area contributed by atoms with E-state index in [0.29, 0.717) is 18.8 Å². The van der Waals surface area contributed by atoms with Gasteiger partial charge in [-0.25, -0.2) is 0 Å². The van der Waals surface area contributed by atoms with Gasteiger partial charge >= 0.3 is 0 Å². The number of carbonyl (C=O) groups is 1. The van der Waals surface area contributed by atoms with Gasteiger partial charge in [0.25, 0.3) is 5.91 Å². The fraction of sp³-hybridized carbons (Fsp3) is 0.692. The lowest BCUT2D eigenvalue weighted by Crippen LogP contribution is -2.30. The Morgan fingerprint density at radius 1 is 1.56 bits per heavy atom. The largest absolute Gasteiger partial charge is 0.391 e. The van der Waals surface area contributed by atoms with E-state index in [-0.39, 0.29) is 23.5 Å². The van der Waals surface area contributed by atoms with Crippen LogP contribution in [-0.2, 0) is 0 Å². The Morgan fingerprint density at radius 2 is 2.28 bits per heavy atom. The molecule has 2 fully saturated rings. The first-order valence-electron chi connectivity index (χ1n) is 6.54. The van der Waals surface area contributed by atoms with Crippen molar-refractivity contribution in [2.75, 3.05) is 13.1 Å². The van der Waals surface area contributed by atoms with Crippen LogP contribution < -0.4 is 0 Å². The van der Waals surface area contributed by atoms with Crippen LogP contribution in [0.4, 0.5) is 0 Å². The molecule has 0 bridgehead atoms. The number of nitrogens with zero attached hydrogens (tertiary/aromatic N) is 3. The van der Waals surface area contributed by atoms with Gasteiger partial charge in [0.05, 0.1) is 6.10 Å². The van der Waals surface area contributed by atoms with Gasteiger partial charge in [-0.05, 0) is 32.8 Å². The summed E-state index contributed by atoms with van der Waals surface area (Å²) >= 11 is 0. The Kier molecular flexibility index (Phi) is 2.48. The van der Waals surface area contributed by atoms with Crippen molar-refractivity contribution >= 4 is 5.91 Å². The van der Waals surface area contributed by atoms with Crippen molar-refractivity contribution < 1.29 is 9.90 Å². The lowest BCUT2D eigenvalue weighted by molar-refractivity contribution is 0.0757. The number of aromatic nitrogens is 2. The third kappa shape index (κ3) is 1.73. The molecule has 1 atom stereocenters. The van der Waals surface area contributed by atoms with Crippen LogP contribution in [-0.4, -0.2) is 44.9 Å². The van der Waals surface area contributed by atoms with Gasteiger partial charge in [0.1, 0.15) is 5.69 Å². The summed E-state index contributed by atoms with van der Waals surface area (Å²) in [5, 5.41) is 14.3. The van der Waals surface area contributed by atoms with Gasteiger partial charge < -0.3 is 10.0 Å². The summed E-state index contributed by atoms with van der Waals surface area (Å²) in [6.07, 6.45) is 3.56. The highest BCUT2D eigenvalue weighted by Gasteiger charge is 2.55. The average Bonchev–Trinajstić information content (AvgIpc) is 2.82. The molecule has 0 aromatic carbocycles. The first kappa shape index (κ1) is 11.7. The molecule has 1 aromatic rings. The van der Waals surface area contributed by atoms with E-state index >= 15 is 0 Å². The molecule has 1 spiro atoms. The molecule has 98 valence electrons. The Bertz CT molecular complexity index is 476. The minimum absolute atomic E-state index is 0.0102. The second kappa shape index (κ2) is 3.82. The first-order chi connectivity index (χ1) is 8.52. The molecule has 1 unspecified atom stereocenters. The highest BCUT2D eigenvalue weighted by atomic mass is 16.3. The first-order valence-corrected chi connectivity index (χ1v) is 6.54. The van der Waals surface area contributed by atoms with Gasteiger partial charge in [-0.15, -0.1) is 0 Å². The van der Waals surface area contributed by atoms with Crippen molar-refractivity contribution in [3.05, 3.63) is 18.0 Å². The molecule has 1 aliphatic carbocycles. The van der Waals surface area contributed by atoms with Crippen LogP contribution in [0.1, 0.15) is 43.2 Å². The Hall–Kier alpha value is -1.36. The fourth-order valence-electron chi connectivity index (χ4n) is 2.66. The van der Waals surface area contributed by atoms with E-state index in [9.17, 15) is 9.90 Å². The maximum Gasteiger partial charge on any atom is 0.274 e. The summed E-state index contributed by atoms with van der Waals surface area (Å²) in [4.78, 5) is 14.0. The smallest absolute Gasteiger partial charge is 0.274 e. The Balaban J connectivity index is 1.74. The molecule has 1 aliphatic heterocycles. The molecule has 1 aromatic heterocycles. The van der Waals surface area contributed by atoms with Gasteiger partial charge in [-0.2, -0.15) is 5.10 Å². The summed E-state index contributed by atoms with van der Waals surface area (Å²) in [5.74, 6) is -0.0581. The lowest BCUT2D eigenvalue weighted by atomic mass is 10.0.